The van der Waals surface area contributed by atoms with Gasteiger partial charge in [0.1, 0.15) is 5.82 Å². The minimum absolute atomic E-state index is 0.0940. The average Bonchev–Trinajstić information content (AvgIpc) is 3.11. The molecular weight excluding hydrogens is 353 g/mol. The number of thioether (sulfide) groups is 1. The molecule has 1 aromatic heterocycles. The summed E-state index contributed by atoms with van der Waals surface area (Å²) in [5.74, 6) is -0.246. The summed E-state index contributed by atoms with van der Waals surface area (Å²) in [6, 6.07) is 13.6. The summed E-state index contributed by atoms with van der Waals surface area (Å²) >= 11 is 1.27. The predicted octanol–water partition coefficient (Wildman–Crippen LogP) is 3.26. The Morgan fingerprint density at radius 3 is 2.62 bits per heavy atom. The fraction of sp³-hybridized carbons (Fsp3) is 0.222. The predicted molar refractivity (Wildman–Crippen MR) is 99.0 cm³/mol. The second-order valence-electron chi connectivity index (χ2n) is 5.56. The Morgan fingerprint density at radius 1 is 1.19 bits per heavy atom. The number of hydrogen-bond acceptors (Lipinski definition) is 5. The lowest BCUT2D eigenvalue weighted by Crippen LogP contribution is -2.32. The van der Waals surface area contributed by atoms with Gasteiger partial charge in [-0.1, -0.05) is 30.0 Å². The van der Waals surface area contributed by atoms with Crippen LogP contribution in [-0.4, -0.2) is 38.4 Å². The van der Waals surface area contributed by atoms with Crippen LogP contribution in [0, 0.1) is 12.7 Å². The summed E-state index contributed by atoms with van der Waals surface area (Å²) < 4.78 is 14.7. The molecule has 6 nitrogen and oxygen atoms in total. The molecule has 26 heavy (non-hydrogen) atoms. The number of aryl methyl sites for hydroxylation is 1. The van der Waals surface area contributed by atoms with Crippen LogP contribution in [0.2, 0.25) is 0 Å². The number of nitrogens with zero attached hydrogens (tertiary/aromatic N) is 5. The largest absolute Gasteiger partial charge is 0.312 e. The molecule has 0 unspecified atom stereocenters. The Balaban J connectivity index is 1.73. The molecule has 0 aliphatic heterocycles. The van der Waals surface area contributed by atoms with Gasteiger partial charge in [0.05, 0.1) is 11.4 Å². The van der Waals surface area contributed by atoms with Crippen molar-refractivity contribution in [2.24, 2.45) is 0 Å². The fourth-order valence-corrected chi connectivity index (χ4v) is 3.31. The number of carbonyl (C=O) groups is 1. The standard InChI is InChI=1S/C18H18FN5OS/c1-3-23(15-10-8-14(19)9-11-15)17(25)12-26-18-20-21-22-24(18)16-7-5-4-6-13(16)2/h4-11H,3,12H2,1-2H3. The van der Waals surface area contributed by atoms with E-state index in [9.17, 15) is 9.18 Å². The van der Waals surface area contributed by atoms with Gasteiger partial charge < -0.3 is 4.90 Å². The Kier molecular flexibility index (Phi) is 5.62. The number of benzene rings is 2. The minimum Gasteiger partial charge on any atom is -0.312 e. The molecule has 3 aromatic rings. The molecule has 0 radical (unpaired) electrons. The maximum Gasteiger partial charge on any atom is 0.237 e. The van der Waals surface area contributed by atoms with Crippen LogP contribution in [0.25, 0.3) is 5.69 Å². The Bertz CT molecular complexity index is 897. The fourth-order valence-electron chi connectivity index (χ4n) is 2.55. The first kappa shape index (κ1) is 18.1. The van der Waals surface area contributed by atoms with Crippen molar-refractivity contribution in [3.8, 4) is 5.69 Å². The molecule has 0 aliphatic rings. The molecule has 1 heterocycles. The molecule has 0 saturated carbocycles. The van der Waals surface area contributed by atoms with Crippen LogP contribution in [0.15, 0.2) is 53.7 Å². The number of tetrazole rings is 1. The highest BCUT2D eigenvalue weighted by Crippen LogP contribution is 2.22. The maximum absolute atomic E-state index is 13.1. The van der Waals surface area contributed by atoms with Crippen molar-refractivity contribution in [2.75, 3.05) is 17.2 Å². The summed E-state index contributed by atoms with van der Waals surface area (Å²) in [5.41, 5.74) is 2.57. The summed E-state index contributed by atoms with van der Waals surface area (Å²) in [4.78, 5) is 14.2. The first-order valence-electron chi connectivity index (χ1n) is 8.13. The molecular formula is C18H18FN5OS. The lowest BCUT2D eigenvalue weighted by atomic mass is 10.2. The second-order valence-corrected chi connectivity index (χ2v) is 6.51. The van der Waals surface area contributed by atoms with Gasteiger partial charge in [-0.05, 0) is 60.2 Å². The number of rotatable bonds is 6. The SMILES string of the molecule is CCN(C(=O)CSc1nnnn1-c1ccccc1C)c1ccc(F)cc1. The number of carbonyl (C=O) groups excluding carboxylic acids is 1. The number of hydrogen-bond donors (Lipinski definition) is 0. The summed E-state index contributed by atoms with van der Waals surface area (Å²) in [5, 5.41) is 12.3. The third-order valence-corrected chi connectivity index (χ3v) is 4.77. The molecule has 8 heteroatoms. The van der Waals surface area contributed by atoms with E-state index in [1.807, 2.05) is 38.1 Å². The number of amides is 1. The molecule has 0 saturated heterocycles. The highest BCUT2D eigenvalue weighted by molar-refractivity contribution is 7.99. The van der Waals surface area contributed by atoms with Gasteiger partial charge in [-0.25, -0.2) is 4.39 Å². The molecule has 0 atom stereocenters. The lowest BCUT2D eigenvalue weighted by Gasteiger charge is -2.20. The minimum atomic E-state index is -0.330. The van der Waals surface area contributed by atoms with Crippen LogP contribution >= 0.6 is 11.8 Å². The van der Waals surface area contributed by atoms with Gasteiger partial charge in [-0.15, -0.1) is 5.10 Å². The van der Waals surface area contributed by atoms with Crippen LogP contribution < -0.4 is 4.90 Å². The molecule has 0 bridgehead atoms. The summed E-state index contributed by atoms with van der Waals surface area (Å²) in [7, 11) is 0. The molecule has 0 aliphatic carbocycles. The van der Waals surface area contributed by atoms with Crippen molar-refractivity contribution in [3.05, 3.63) is 59.9 Å². The quantitative estimate of drug-likeness (QED) is 0.623. The van der Waals surface area contributed by atoms with Crippen molar-refractivity contribution in [1.82, 2.24) is 20.2 Å². The third kappa shape index (κ3) is 3.91. The number of anilines is 1. The summed E-state index contributed by atoms with van der Waals surface area (Å²) in [6.07, 6.45) is 0. The van der Waals surface area contributed by atoms with E-state index < -0.39 is 0 Å². The van der Waals surface area contributed by atoms with E-state index in [-0.39, 0.29) is 17.5 Å². The van der Waals surface area contributed by atoms with Crippen molar-refractivity contribution in [1.29, 1.82) is 0 Å². The van der Waals surface area contributed by atoms with Gasteiger partial charge in [0.15, 0.2) is 0 Å². The molecule has 1 amide bonds. The lowest BCUT2D eigenvalue weighted by molar-refractivity contribution is -0.116. The van der Waals surface area contributed by atoms with Crippen molar-refractivity contribution in [2.45, 2.75) is 19.0 Å². The van der Waals surface area contributed by atoms with E-state index in [2.05, 4.69) is 15.5 Å². The van der Waals surface area contributed by atoms with Gasteiger partial charge in [0.25, 0.3) is 0 Å². The highest BCUT2D eigenvalue weighted by Gasteiger charge is 2.17. The molecule has 2 aromatic carbocycles. The van der Waals surface area contributed by atoms with Gasteiger partial charge in [-0.3, -0.25) is 4.79 Å². The first-order chi connectivity index (χ1) is 12.6. The Labute approximate surface area is 155 Å². The molecule has 0 spiro atoms. The van der Waals surface area contributed by atoms with Crippen LogP contribution in [0.4, 0.5) is 10.1 Å². The monoisotopic (exact) mass is 371 g/mol. The zero-order valence-corrected chi connectivity index (χ0v) is 15.3. The van der Waals surface area contributed by atoms with Gasteiger partial charge in [0, 0.05) is 12.2 Å². The van der Waals surface area contributed by atoms with Crippen LogP contribution in [0.1, 0.15) is 12.5 Å². The smallest absolute Gasteiger partial charge is 0.237 e. The van der Waals surface area contributed by atoms with E-state index in [1.54, 1.807) is 21.7 Å². The number of para-hydroxylation sites is 1. The molecule has 0 fully saturated rings. The van der Waals surface area contributed by atoms with E-state index in [0.717, 1.165) is 11.3 Å². The van der Waals surface area contributed by atoms with Gasteiger partial charge >= 0.3 is 0 Å². The Hall–Kier alpha value is -2.74. The van der Waals surface area contributed by atoms with Crippen molar-refractivity contribution < 1.29 is 9.18 Å². The van der Waals surface area contributed by atoms with E-state index in [4.69, 9.17) is 0 Å². The van der Waals surface area contributed by atoms with E-state index in [0.29, 0.717) is 17.4 Å². The number of aromatic nitrogens is 4. The van der Waals surface area contributed by atoms with Crippen LogP contribution in [0.5, 0.6) is 0 Å². The van der Waals surface area contributed by atoms with E-state index in [1.165, 1.54) is 23.9 Å². The molecule has 0 N–H and O–H groups in total. The second kappa shape index (κ2) is 8.09. The normalized spacial score (nSPS) is 10.7. The molecule has 3 rings (SSSR count). The highest BCUT2D eigenvalue weighted by atomic mass is 32.2. The first-order valence-corrected chi connectivity index (χ1v) is 9.12. The van der Waals surface area contributed by atoms with E-state index >= 15 is 0 Å². The number of halogens is 1. The average molecular weight is 371 g/mol. The zero-order valence-electron chi connectivity index (χ0n) is 14.5. The Morgan fingerprint density at radius 2 is 1.92 bits per heavy atom. The maximum atomic E-state index is 13.1. The summed E-state index contributed by atoms with van der Waals surface area (Å²) in [6.45, 7) is 4.35. The molecule has 134 valence electrons. The zero-order chi connectivity index (χ0) is 18.5. The van der Waals surface area contributed by atoms with Crippen LogP contribution in [-0.2, 0) is 4.79 Å². The van der Waals surface area contributed by atoms with Crippen molar-refractivity contribution in [3.63, 3.8) is 0 Å². The van der Waals surface area contributed by atoms with Crippen LogP contribution in [0.3, 0.4) is 0 Å². The van der Waals surface area contributed by atoms with Gasteiger partial charge in [-0.2, -0.15) is 4.68 Å². The van der Waals surface area contributed by atoms with Gasteiger partial charge in [0.2, 0.25) is 11.1 Å². The topological polar surface area (TPSA) is 63.9 Å². The third-order valence-electron chi connectivity index (χ3n) is 3.86. The van der Waals surface area contributed by atoms with Crippen molar-refractivity contribution >= 4 is 23.4 Å².